The van der Waals surface area contributed by atoms with Gasteiger partial charge in [-0.3, -0.25) is 4.79 Å². The Balaban J connectivity index is 1.92. The molecule has 0 unspecified atom stereocenters. The van der Waals surface area contributed by atoms with Crippen molar-refractivity contribution in [2.45, 2.75) is 25.8 Å². The summed E-state index contributed by atoms with van der Waals surface area (Å²) in [6.07, 6.45) is 4.33. The van der Waals surface area contributed by atoms with Crippen LogP contribution in [0.5, 0.6) is 0 Å². The van der Waals surface area contributed by atoms with E-state index in [1.165, 1.54) is 0 Å². The maximum absolute atomic E-state index is 12.7. The molecule has 20 heavy (non-hydrogen) atoms. The first-order valence-electron chi connectivity index (χ1n) is 6.78. The molecule has 1 aromatic carbocycles. The number of aromatic nitrogens is 1. The average molecular weight is 333 g/mol. The molecule has 0 spiro atoms. The van der Waals surface area contributed by atoms with Gasteiger partial charge in [-0.25, -0.2) is 0 Å². The number of nitrogens with zero attached hydrogens (tertiary/aromatic N) is 2. The minimum absolute atomic E-state index is 0.0354. The highest BCUT2D eigenvalue weighted by molar-refractivity contribution is 9.10. The highest BCUT2D eigenvalue weighted by atomic mass is 79.9. The number of anilines is 1. The summed E-state index contributed by atoms with van der Waals surface area (Å²) in [5.74, 6) is 0.0354. The van der Waals surface area contributed by atoms with Gasteiger partial charge in [0.25, 0.3) is 5.91 Å². The zero-order chi connectivity index (χ0) is 14.3. The molecule has 0 N–H and O–H groups in total. The number of hydrogen-bond acceptors (Lipinski definition) is 1. The lowest BCUT2D eigenvalue weighted by Gasteiger charge is -2.19. The number of benzene rings is 1. The topological polar surface area (TPSA) is 25.2 Å². The predicted molar refractivity (Wildman–Crippen MR) is 84.3 cm³/mol. The number of amides is 1. The van der Waals surface area contributed by atoms with E-state index >= 15 is 0 Å². The fourth-order valence-electron chi connectivity index (χ4n) is 2.40. The van der Waals surface area contributed by atoms with Crippen molar-refractivity contribution in [3.63, 3.8) is 0 Å². The van der Waals surface area contributed by atoms with Crippen LogP contribution >= 0.6 is 15.9 Å². The predicted octanol–water partition coefficient (Wildman–Crippen LogP) is 4.17. The van der Waals surface area contributed by atoms with Gasteiger partial charge in [-0.05, 0) is 59.5 Å². The van der Waals surface area contributed by atoms with E-state index in [2.05, 4.69) is 20.5 Å². The molecule has 3 nitrogen and oxygen atoms in total. The molecule has 0 aliphatic heterocycles. The number of rotatable bonds is 3. The van der Waals surface area contributed by atoms with Crippen molar-refractivity contribution in [1.82, 2.24) is 4.57 Å². The van der Waals surface area contributed by atoms with Gasteiger partial charge < -0.3 is 9.47 Å². The van der Waals surface area contributed by atoms with Crippen molar-refractivity contribution in [1.29, 1.82) is 0 Å². The Morgan fingerprint density at radius 1 is 1.35 bits per heavy atom. The van der Waals surface area contributed by atoms with Gasteiger partial charge in [0, 0.05) is 29.4 Å². The third kappa shape index (κ3) is 2.52. The molecule has 0 bridgehead atoms. The summed E-state index contributed by atoms with van der Waals surface area (Å²) >= 11 is 3.47. The lowest BCUT2D eigenvalue weighted by Crippen LogP contribution is -2.28. The summed E-state index contributed by atoms with van der Waals surface area (Å²) in [7, 11) is 1.83. The van der Waals surface area contributed by atoms with Crippen molar-refractivity contribution in [2.75, 3.05) is 11.9 Å². The molecular weight excluding hydrogens is 316 g/mol. The van der Waals surface area contributed by atoms with Gasteiger partial charge in [-0.1, -0.05) is 12.1 Å². The second kappa shape index (κ2) is 5.09. The van der Waals surface area contributed by atoms with E-state index in [0.29, 0.717) is 6.04 Å². The SMILES string of the molecule is Cc1cccc(N(C)C(=O)c2cc(Br)cn2C2CC2)c1. The summed E-state index contributed by atoms with van der Waals surface area (Å²) in [4.78, 5) is 14.4. The van der Waals surface area contributed by atoms with Gasteiger partial charge in [0.15, 0.2) is 0 Å². The molecule has 1 aliphatic carbocycles. The maximum Gasteiger partial charge on any atom is 0.274 e. The van der Waals surface area contributed by atoms with E-state index in [4.69, 9.17) is 0 Å². The van der Waals surface area contributed by atoms with Crippen LogP contribution in [0.2, 0.25) is 0 Å². The first kappa shape index (κ1) is 13.4. The maximum atomic E-state index is 12.7. The highest BCUT2D eigenvalue weighted by Gasteiger charge is 2.29. The Labute approximate surface area is 127 Å². The van der Waals surface area contributed by atoms with Crippen LogP contribution < -0.4 is 4.90 Å². The van der Waals surface area contributed by atoms with Crippen LogP contribution in [-0.4, -0.2) is 17.5 Å². The summed E-state index contributed by atoms with van der Waals surface area (Å²) < 4.78 is 3.06. The van der Waals surface area contributed by atoms with Crippen molar-refractivity contribution in [3.8, 4) is 0 Å². The van der Waals surface area contributed by atoms with Gasteiger partial charge in [0.05, 0.1) is 0 Å². The zero-order valence-corrected chi connectivity index (χ0v) is 13.2. The normalized spacial score (nSPS) is 14.3. The molecule has 0 saturated heterocycles. The Bertz CT molecular complexity index is 658. The largest absolute Gasteiger partial charge is 0.339 e. The first-order valence-corrected chi connectivity index (χ1v) is 7.57. The van der Waals surface area contributed by atoms with Gasteiger partial charge in [0.2, 0.25) is 0 Å². The number of halogens is 1. The molecule has 1 fully saturated rings. The second-order valence-electron chi connectivity index (χ2n) is 5.39. The minimum Gasteiger partial charge on any atom is -0.339 e. The van der Waals surface area contributed by atoms with E-state index in [1.54, 1.807) is 4.90 Å². The quantitative estimate of drug-likeness (QED) is 0.828. The molecule has 0 atom stereocenters. The van der Waals surface area contributed by atoms with Crippen LogP contribution in [0, 0.1) is 6.92 Å². The number of hydrogen-bond donors (Lipinski definition) is 0. The monoisotopic (exact) mass is 332 g/mol. The van der Waals surface area contributed by atoms with E-state index in [9.17, 15) is 4.79 Å². The summed E-state index contributed by atoms with van der Waals surface area (Å²) in [5, 5.41) is 0. The third-order valence-electron chi connectivity index (χ3n) is 3.67. The van der Waals surface area contributed by atoms with Crippen LogP contribution in [0.25, 0.3) is 0 Å². The molecule has 1 aliphatic rings. The molecular formula is C16H17BrN2O. The highest BCUT2D eigenvalue weighted by Crippen LogP contribution is 2.38. The summed E-state index contributed by atoms with van der Waals surface area (Å²) in [5.41, 5.74) is 2.83. The van der Waals surface area contributed by atoms with E-state index in [-0.39, 0.29) is 5.91 Å². The van der Waals surface area contributed by atoms with E-state index in [1.807, 2.05) is 50.5 Å². The van der Waals surface area contributed by atoms with Crippen LogP contribution in [0.4, 0.5) is 5.69 Å². The van der Waals surface area contributed by atoms with Crippen LogP contribution in [0.15, 0.2) is 41.0 Å². The second-order valence-corrected chi connectivity index (χ2v) is 6.30. The smallest absolute Gasteiger partial charge is 0.274 e. The Hall–Kier alpha value is -1.55. The molecule has 1 heterocycles. The van der Waals surface area contributed by atoms with Crippen LogP contribution in [-0.2, 0) is 0 Å². The Morgan fingerprint density at radius 3 is 2.75 bits per heavy atom. The van der Waals surface area contributed by atoms with Crippen LogP contribution in [0.1, 0.15) is 34.9 Å². The molecule has 3 rings (SSSR count). The van der Waals surface area contributed by atoms with Crippen molar-refractivity contribution >= 4 is 27.5 Å². The summed E-state index contributed by atoms with van der Waals surface area (Å²) in [6.45, 7) is 2.03. The number of aryl methyl sites for hydroxylation is 1. The molecule has 1 saturated carbocycles. The fourth-order valence-corrected chi connectivity index (χ4v) is 2.83. The van der Waals surface area contributed by atoms with Gasteiger partial charge in [-0.15, -0.1) is 0 Å². The lowest BCUT2D eigenvalue weighted by atomic mass is 10.2. The van der Waals surface area contributed by atoms with Gasteiger partial charge in [-0.2, -0.15) is 0 Å². The number of carbonyl (C=O) groups excluding carboxylic acids is 1. The molecule has 4 heteroatoms. The van der Waals surface area contributed by atoms with E-state index < -0.39 is 0 Å². The van der Waals surface area contributed by atoms with E-state index in [0.717, 1.165) is 34.3 Å². The zero-order valence-electron chi connectivity index (χ0n) is 11.6. The summed E-state index contributed by atoms with van der Waals surface area (Å²) in [6, 6.07) is 10.4. The molecule has 1 amide bonds. The molecule has 104 valence electrons. The molecule has 0 radical (unpaired) electrons. The fraction of sp³-hybridized carbons (Fsp3) is 0.312. The Morgan fingerprint density at radius 2 is 2.10 bits per heavy atom. The molecule has 1 aromatic heterocycles. The third-order valence-corrected chi connectivity index (χ3v) is 4.10. The van der Waals surface area contributed by atoms with Gasteiger partial charge >= 0.3 is 0 Å². The van der Waals surface area contributed by atoms with Crippen molar-refractivity contribution in [3.05, 3.63) is 52.3 Å². The van der Waals surface area contributed by atoms with Crippen molar-refractivity contribution < 1.29 is 4.79 Å². The minimum atomic E-state index is 0.0354. The average Bonchev–Trinajstić information content (AvgIpc) is 3.20. The first-order chi connectivity index (χ1) is 9.56. The van der Waals surface area contributed by atoms with Crippen LogP contribution in [0.3, 0.4) is 0 Å². The standard InChI is InChI=1S/C16H17BrN2O/c1-11-4-3-5-14(8-11)18(2)16(20)15-9-12(17)10-19(15)13-6-7-13/h3-5,8-10,13H,6-7H2,1-2H3. The number of carbonyl (C=O) groups is 1. The van der Waals surface area contributed by atoms with Crippen molar-refractivity contribution in [2.24, 2.45) is 0 Å². The van der Waals surface area contributed by atoms with Gasteiger partial charge in [0.1, 0.15) is 5.69 Å². The lowest BCUT2D eigenvalue weighted by molar-refractivity contribution is 0.0984. The Kier molecular flexibility index (Phi) is 3.42. The molecule has 2 aromatic rings.